The Balaban J connectivity index is 1.41. The molecule has 1 spiro atoms. The van der Waals surface area contributed by atoms with Crippen LogP contribution in [0.2, 0.25) is 0 Å². The Hall–Kier alpha value is -1.21. The zero-order valence-corrected chi connectivity index (χ0v) is 10.7. The second kappa shape index (κ2) is 4.72. The van der Waals surface area contributed by atoms with Gasteiger partial charge in [-0.1, -0.05) is 0 Å². The molecule has 0 unspecified atom stereocenters. The van der Waals surface area contributed by atoms with Gasteiger partial charge in [0.25, 0.3) is 0 Å². The monoisotopic (exact) mass is 270 g/mol. The number of hydrogen-bond donors (Lipinski definition) is 1. The van der Waals surface area contributed by atoms with Crippen LogP contribution in [0.1, 0.15) is 32.1 Å². The molecule has 1 N–H and O–H groups in total. The Morgan fingerprint density at radius 3 is 2.79 bits per heavy atom. The molecule has 1 heterocycles. The van der Waals surface area contributed by atoms with E-state index in [1.165, 1.54) is 0 Å². The highest BCUT2D eigenvalue weighted by Gasteiger charge is 2.53. The highest BCUT2D eigenvalue weighted by atomic mass is 16.7. The minimum atomic E-state index is -0.693. The molecule has 106 valence electrons. The van der Waals surface area contributed by atoms with Crippen LogP contribution in [0.5, 0.6) is 0 Å². The molecular weight excluding hydrogens is 252 g/mol. The summed E-state index contributed by atoms with van der Waals surface area (Å²) in [6.45, 7) is 0.866. The molecular formula is C12H18N2O5. The lowest BCUT2D eigenvalue weighted by atomic mass is 10.2. The molecule has 2 saturated carbocycles. The number of nitrogens with one attached hydrogen (secondary N) is 1. The Morgan fingerprint density at radius 2 is 2.16 bits per heavy atom. The van der Waals surface area contributed by atoms with Crippen molar-refractivity contribution in [2.24, 2.45) is 5.92 Å². The Kier molecular flexibility index (Phi) is 3.18. The van der Waals surface area contributed by atoms with Crippen LogP contribution in [0.15, 0.2) is 0 Å². The van der Waals surface area contributed by atoms with Gasteiger partial charge in [-0.3, -0.25) is 14.9 Å². The van der Waals surface area contributed by atoms with E-state index < -0.39 is 17.7 Å². The first-order chi connectivity index (χ1) is 9.10. The number of nitrogens with zero attached hydrogens (tertiary/aromatic N) is 1. The fourth-order valence-electron chi connectivity index (χ4n) is 2.93. The SMILES string of the molecule is O=C(NC[C@@H]1COC2(CCCC2)O1)[C@@H]1C[C@H]1[N+](=O)[O-]. The number of carbonyl (C=O) groups is 1. The van der Waals surface area contributed by atoms with Crippen LogP contribution in [0.3, 0.4) is 0 Å². The number of ether oxygens (including phenoxy) is 2. The van der Waals surface area contributed by atoms with E-state index in [0.29, 0.717) is 19.6 Å². The highest BCUT2D eigenvalue weighted by molar-refractivity contribution is 5.81. The maximum absolute atomic E-state index is 11.7. The number of hydrogen-bond acceptors (Lipinski definition) is 5. The maximum atomic E-state index is 11.7. The van der Waals surface area contributed by atoms with E-state index in [0.717, 1.165) is 25.7 Å². The minimum Gasteiger partial charge on any atom is -0.353 e. The molecule has 3 rings (SSSR count). The van der Waals surface area contributed by atoms with Crippen LogP contribution in [0.4, 0.5) is 0 Å². The fraction of sp³-hybridized carbons (Fsp3) is 0.917. The number of nitro groups is 1. The molecule has 0 radical (unpaired) electrons. The number of amides is 1. The van der Waals surface area contributed by atoms with Crippen molar-refractivity contribution in [2.45, 2.75) is 50.0 Å². The van der Waals surface area contributed by atoms with E-state index in [2.05, 4.69) is 5.32 Å². The van der Waals surface area contributed by atoms with Gasteiger partial charge in [0.15, 0.2) is 5.79 Å². The molecule has 7 nitrogen and oxygen atoms in total. The average Bonchev–Trinajstić information content (AvgIpc) is 2.92. The first-order valence-electron chi connectivity index (χ1n) is 6.83. The number of rotatable bonds is 4. The largest absolute Gasteiger partial charge is 0.353 e. The van der Waals surface area contributed by atoms with E-state index in [1.54, 1.807) is 0 Å². The van der Waals surface area contributed by atoms with E-state index >= 15 is 0 Å². The molecule has 19 heavy (non-hydrogen) atoms. The van der Waals surface area contributed by atoms with Crippen LogP contribution in [-0.2, 0) is 14.3 Å². The second-order valence-electron chi connectivity index (χ2n) is 5.61. The molecule has 3 aliphatic rings. The van der Waals surface area contributed by atoms with Crippen molar-refractivity contribution in [3.05, 3.63) is 10.1 Å². The molecule has 0 bridgehead atoms. The zero-order valence-electron chi connectivity index (χ0n) is 10.7. The summed E-state index contributed by atoms with van der Waals surface area (Å²) in [6, 6.07) is -0.693. The molecule has 1 aliphatic heterocycles. The van der Waals surface area contributed by atoms with Gasteiger partial charge in [0.05, 0.1) is 6.61 Å². The van der Waals surface area contributed by atoms with Crippen molar-refractivity contribution in [2.75, 3.05) is 13.2 Å². The third-order valence-corrected chi connectivity index (χ3v) is 4.15. The molecule has 0 aromatic heterocycles. The lowest BCUT2D eigenvalue weighted by molar-refractivity contribution is -0.497. The van der Waals surface area contributed by atoms with Gasteiger partial charge in [0.1, 0.15) is 12.0 Å². The Labute approximate surface area is 110 Å². The van der Waals surface area contributed by atoms with E-state index in [1.807, 2.05) is 0 Å². The van der Waals surface area contributed by atoms with Gasteiger partial charge in [-0.2, -0.15) is 0 Å². The van der Waals surface area contributed by atoms with E-state index in [-0.39, 0.29) is 16.9 Å². The smallest absolute Gasteiger partial charge is 0.230 e. The van der Waals surface area contributed by atoms with Gasteiger partial charge in [0, 0.05) is 30.7 Å². The van der Waals surface area contributed by atoms with Gasteiger partial charge in [-0.05, 0) is 12.8 Å². The second-order valence-corrected chi connectivity index (χ2v) is 5.61. The molecule has 0 aromatic rings. The lowest BCUT2D eigenvalue weighted by Gasteiger charge is -2.21. The molecule has 2 aliphatic carbocycles. The quantitative estimate of drug-likeness (QED) is 0.591. The summed E-state index contributed by atoms with van der Waals surface area (Å²) in [5.74, 6) is -1.12. The highest BCUT2D eigenvalue weighted by Crippen LogP contribution is 2.39. The summed E-state index contributed by atoms with van der Waals surface area (Å²) >= 11 is 0. The van der Waals surface area contributed by atoms with Crippen molar-refractivity contribution >= 4 is 5.91 Å². The van der Waals surface area contributed by atoms with Crippen LogP contribution < -0.4 is 5.32 Å². The third-order valence-electron chi connectivity index (χ3n) is 4.15. The van der Waals surface area contributed by atoms with Gasteiger partial charge in [-0.25, -0.2) is 0 Å². The van der Waals surface area contributed by atoms with Crippen molar-refractivity contribution < 1.29 is 19.2 Å². The van der Waals surface area contributed by atoms with Gasteiger partial charge < -0.3 is 14.8 Å². The summed E-state index contributed by atoms with van der Waals surface area (Å²) < 4.78 is 11.6. The molecule has 0 aromatic carbocycles. The molecule has 3 atom stereocenters. The van der Waals surface area contributed by atoms with Crippen molar-refractivity contribution in [3.63, 3.8) is 0 Å². The predicted molar refractivity (Wildman–Crippen MR) is 63.9 cm³/mol. The zero-order chi connectivity index (χ0) is 13.5. The van der Waals surface area contributed by atoms with Crippen LogP contribution in [0, 0.1) is 16.0 Å². The predicted octanol–water partition coefficient (Wildman–Crippen LogP) is 0.453. The van der Waals surface area contributed by atoms with Crippen LogP contribution >= 0.6 is 0 Å². The van der Waals surface area contributed by atoms with E-state index in [4.69, 9.17) is 9.47 Å². The third kappa shape index (κ3) is 2.57. The summed E-state index contributed by atoms with van der Waals surface area (Å²) in [5, 5.41) is 13.2. The van der Waals surface area contributed by atoms with Gasteiger partial charge >= 0.3 is 0 Å². The summed E-state index contributed by atoms with van der Waals surface area (Å²) in [6.07, 6.45) is 4.30. The van der Waals surface area contributed by atoms with E-state index in [9.17, 15) is 14.9 Å². The fourth-order valence-corrected chi connectivity index (χ4v) is 2.93. The topological polar surface area (TPSA) is 90.7 Å². The summed E-state index contributed by atoms with van der Waals surface area (Å²) in [4.78, 5) is 21.8. The summed E-state index contributed by atoms with van der Waals surface area (Å²) in [7, 11) is 0. The van der Waals surface area contributed by atoms with Crippen molar-refractivity contribution in [1.29, 1.82) is 0 Å². The van der Waals surface area contributed by atoms with Crippen LogP contribution in [0.25, 0.3) is 0 Å². The first kappa shape index (κ1) is 12.8. The Bertz CT molecular complexity index is 394. The maximum Gasteiger partial charge on any atom is 0.230 e. The van der Waals surface area contributed by atoms with Gasteiger partial charge in [0.2, 0.25) is 11.9 Å². The summed E-state index contributed by atoms with van der Waals surface area (Å²) in [5.41, 5.74) is 0. The minimum absolute atomic E-state index is 0.130. The standard InChI is InChI=1S/C12H18N2O5/c15-11(9-5-10(9)14(16)17)13-6-8-7-18-12(19-8)3-1-2-4-12/h8-10H,1-7H2,(H,13,15)/t8-,9-,10-/m1/s1. The van der Waals surface area contributed by atoms with Gasteiger partial charge in [-0.15, -0.1) is 0 Å². The van der Waals surface area contributed by atoms with Crippen molar-refractivity contribution in [3.8, 4) is 0 Å². The van der Waals surface area contributed by atoms with Crippen LogP contribution in [-0.4, -0.2) is 41.9 Å². The normalized spacial score (nSPS) is 35.5. The molecule has 3 fully saturated rings. The molecule has 7 heteroatoms. The Morgan fingerprint density at radius 1 is 1.42 bits per heavy atom. The first-order valence-corrected chi connectivity index (χ1v) is 6.83. The van der Waals surface area contributed by atoms with Crippen molar-refractivity contribution in [1.82, 2.24) is 5.32 Å². The molecule has 1 saturated heterocycles. The average molecular weight is 270 g/mol. The number of carbonyl (C=O) groups excluding carboxylic acids is 1. The molecule has 1 amide bonds. The lowest BCUT2D eigenvalue weighted by Crippen LogP contribution is -2.36.